The first-order chi connectivity index (χ1) is 14.0. The van der Waals surface area contributed by atoms with Crippen molar-refractivity contribution in [2.24, 2.45) is 0 Å². The van der Waals surface area contributed by atoms with Crippen molar-refractivity contribution in [1.29, 1.82) is 0 Å². The molecule has 4 aromatic rings. The number of anilines is 1. The second-order valence-electron chi connectivity index (χ2n) is 6.12. The van der Waals surface area contributed by atoms with E-state index in [-0.39, 0.29) is 4.90 Å². The van der Waals surface area contributed by atoms with Gasteiger partial charge in [-0.3, -0.25) is 9.29 Å². The Labute approximate surface area is 167 Å². The van der Waals surface area contributed by atoms with E-state index < -0.39 is 10.0 Å². The zero-order chi connectivity index (χ0) is 20.3. The van der Waals surface area contributed by atoms with Crippen LogP contribution >= 0.6 is 0 Å². The highest BCUT2D eigenvalue weighted by molar-refractivity contribution is 7.92. The van der Waals surface area contributed by atoms with E-state index in [2.05, 4.69) is 19.9 Å². The lowest BCUT2D eigenvalue weighted by Crippen LogP contribution is -2.12. The van der Waals surface area contributed by atoms with Crippen molar-refractivity contribution in [1.82, 2.24) is 19.7 Å². The molecule has 146 valence electrons. The van der Waals surface area contributed by atoms with Gasteiger partial charge in [0.05, 0.1) is 4.90 Å². The van der Waals surface area contributed by atoms with E-state index in [1.807, 2.05) is 11.5 Å². The number of rotatable bonds is 6. The van der Waals surface area contributed by atoms with Crippen molar-refractivity contribution >= 4 is 15.7 Å². The number of hydrogen-bond donors (Lipinski definition) is 1. The Kier molecular flexibility index (Phi) is 4.96. The van der Waals surface area contributed by atoms with E-state index >= 15 is 0 Å². The van der Waals surface area contributed by atoms with Crippen molar-refractivity contribution in [2.45, 2.75) is 11.8 Å². The highest BCUT2D eigenvalue weighted by Gasteiger charge is 2.13. The molecule has 0 fully saturated rings. The number of aromatic nitrogens is 4. The van der Waals surface area contributed by atoms with Crippen LogP contribution in [-0.2, 0) is 10.0 Å². The third kappa shape index (κ3) is 4.25. The van der Waals surface area contributed by atoms with Crippen molar-refractivity contribution < 1.29 is 13.2 Å². The molecule has 8 nitrogen and oxygen atoms in total. The minimum Gasteiger partial charge on any atom is -0.438 e. The van der Waals surface area contributed by atoms with Crippen LogP contribution in [0.5, 0.6) is 11.6 Å². The van der Waals surface area contributed by atoms with Crippen molar-refractivity contribution in [2.75, 3.05) is 4.72 Å². The summed E-state index contributed by atoms with van der Waals surface area (Å²) in [5.74, 6) is 2.28. The van der Waals surface area contributed by atoms with Gasteiger partial charge >= 0.3 is 0 Å². The summed E-state index contributed by atoms with van der Waals surface area (Å²) in [4.78, 5) is 4.35. The summed E-state index contributed by atoms with van der Waals surface area (Å²) in [6.07, 6.45) is 3.49. The quantitative estimate of drug-likeness (QED) is 0.525. The van der Waals surface area contributed by atoms with Gasteiger partial charge in [0.2, 0.25) is 5.88 Å². The number of nitrogens with zero attached hydrogens (tertiary/aromatic N) is 4. The first-order valence-corrected chi connectivity index (χ1v) is 10.2. The molecule has 29 heavy (non-hydrogen) atoms. The van der Waals surface area contributed by atoms with Crippen molar-refractivity contribution in [3.05, 3.63) is 84.9 Å². The second-order valence-corrected chi connectivity index (χ2v) is 7.80. The van der Waals surface area contributed by atoms with Crippen LogP contribution in [0, 0.1) is 6.92 Å². The molecule has 0 spiro atoms. The monoisotopic (exact) mass is 407 g/mol. The van der Waals surface area contributed by atoms with Gasteiger partial charge in [0.25, 0.3) is 10.0 Å². The molecular formula is C20H17N5O3S. The lowest BCUT2D eigenvalue weighted by atomic mass is 10.3. The Morgan fingerprint density at radius 1 is 0.931 bits per heavy atom. The largest absolute Gasteiger partial charge is 0.438 e. The lowest BCUT2D eigenvalue weighted by Gasteiger charge is -2.09. The van der Waals surface area contributed by atoms with Gasteiger partial charge in [-0.15, -0.1) is 10.2 Å². The molecule has 0 radical (unpaired) electrons. The average Bonchev–Trinajstić information content (AvgIpc) is 3.16. The molecule has 0 saturated heterocycles. The van der Waals surface area contributed by atoms with Crippen LogP contribution in [0.1, 0.15) is 5.82 Å². The zero-order valence-electron chi connectivity index (χ0n) is 15.4. The molecule has 0 amide bonds. The third-order valence-corrected chi connectivity index (χ3v) is 5.48. The van der Waals surface area contributed by atoms with Gasteiger partial charge in [-0.25, -0.2) is 13.4 Å². The number of hydrogen-bond acceptors (Lipinski definition) is 6. The fourth-order valence-electron chi connectivity index (χ4n) is 2.64. The van der Waals surface area contributed by atoms with Gasteiger partial charge in [0.15, 0.2) is 5.82 Å². The summed E-state index contributed by atoms with van der Waals surface area (Å²) in [7, 11) is -3.64. The fourth-order valence-corrected chi connectivity index (χ4v) is 3.72. The van der Waals surface area contributed by atoms with E-state index in [9.17, 15) is 8.42 Å². The van der Waals surface area contributed by atoms with Crippen molar-refractivity contribution in [3.63, 3.8) is 0 Å². The molecule has 2 heterocycles. The molecule has 9 heteroatoms. The Balaban J connectivity index is 1.44. The van der Waals surface area contributed by atoms with Gasteiger partial charge in [-0.05, 0) is 49.4 Å². The third-order valence-electron chi connectivity index (χ3n) is 4.08. The Bertz CT molecular complexity index is 1210. The van der Waals surface area contributed by atoms with Gasteiger partial charge < -0.3 is 4.74 Å². The molecule has 0 unspecified atom stereocenters. The van der Waals surface area contributed by atoms with Crippen LogP contribution < -0.4 is 9.46 Å². The molecule has 0 atom stereocenters. The molecule has 4 rings (SSSR count). The predicted octanol–water partition coefficient (Wildman–Crippen LogP) is 3.56. The summed E-state index contributed by atoms with van der Waals surface area (Å²) < 4.78 is 34.7. The number of imidazole rings is 1. The van der Waals surface area contributed by atoms with E-state index in [4.69, 9.17) is 4.74 Å². The zero-order valence-corrected chi connectivity index (χ0v) is 16.2. The Morgan fingerprint density at radius 2 is 1.69 bits per heavy atom. The van der Waals surface area contributed by atoms with E-state index in [1.54, 1.807) is 67.0 Å². The smallest absolute Gasteiger partial charge is 0.261 e. The second kappa shape index (κ2) is 7.72. The van der Waals surface area contributed by atoms with Crippen LogP contribution in [0.3, 0.4) is 0 Å². The maximum atomic E-state index is 12.4. The number of nitrogens with one attached hydrogen (secondary N) is 1. The van der Waals surface area contributed by atoms with Gasteiger partial charge in [0.1, 0.15) is 11.6 Å². The Morgan fingerprint density at radius 3 is 2.31 bits per heavy atom. The number of aryl methyl sites for hydroxylation is 1. The fraction of sp³-hybridized carbons (Fsp3) is 0.0500. The summed E-state index contributed by atoms with van der Waals surface area (Å²) in [5, 5.41) is 8.19. The number of ether oxygens (including phenoxy) is 1. The lowest BCUT2D eigenvalue weighted by molar-refractivity contribution is 0.454. The maximum Gasteiger partial charge on any atom is 0.261 e. The number of sulfonamides is 1. The summed E-state index contributed by atoms with van der Waals surface area (Å²) in [6.45, 7) is 1.87. The minimum absolute atomic E-state index is 0.198. The molecular weight excluding hydrogens is 390 g/mol. The van der Waals surface area contributed by atoms with Crippen LogP contribution in [0.15, 0.2) is 84.0 Å². The number of benzene rings is 2. The molecule has 2 aromatic heterocycles. The maximum absolute atomic E-state index is 12.4. The molecule has 0 aliphatic rings. The van der Waals surface area contributed by atoms with Gasteiger partial charge in [-0.2, -0.15) is 0 Å². The highest BCUT2D eigenvalue weighted by Crippen LogP contribution is 2.23. The van der Waals surface area contributed by atoms with E-state index in [1.165, 1.54) is 12.1 Å². The summed E-state index contributed by atoms with van der Waals surface area (Å²) in [5.41, 5.74) is 0.429. The Hall–Kier alpha value is -3.72. The van der Waals surface area contributed by atoms with Gasteiger partial charge in [-0.1, -0.05) is 18.2 Å². The van der Waals surface area contributed by atoms with Crippen molar-refractivity contribution in [3.8, 4) is 17.4 Å². The van der Waals surface area contributed by atoms with E-state index in [0.29, 0.717) is 23.1 Å². The van der Waals surface area contributed by atoms with Gasteiger partial charge in [0, 0.05) is 24.1 Å². The summed E-state index contributed by atoms with van der Waals surface area (Å²) >= 11 is 0. The molecule has 1 N–H and O–H groups in total. The first kappa shape index (κ1) is 18.6. The first-order valence-electron chi connectivity index (χ1n) is 8.71. The normalized spacial score (nSPS) is 11.2. The van der Waals surface area contributed by atoms with Crippen LogP contribution in [0.25, 0.3) is 5.82 Å². The molecule has 0 aliphatic carbocycles. The standard InChI is InChI=1S/C20H17N5O3S/c1-15-21-13-14-25(15)19-11-12-20(23-22-19)28-17-9-7-16(8-10-17)24-29(26,27)18-5-3-2-4-6-18/h2-14,24H,1H3. The molecule has 0 bridgehead atoms. The summed E-state index contributed by atoms with van der Waals surface area (Å²) in [6, 6.07) is 18.2. The minimum atomic E-state index is -3.64. The van der Waals surface area contributed by atoms with Crippen LogP contribution in [0.4, 0.5) is 5.69 Å². The van der Waals surface area contributed by atoms with Crippen LogP contribution in [0.2, 0.25) is 0 Å². The average molecular weight is 407 g/mol. The molecule has 2 aromatic carbocycles. The topological polar surface area (TPSA) is 99.0 Å². The van der Waals surface area contributed by atoms with E-state index in [0.717, 1.165) is 5.82 Å². The SMILES string of the molecule is Cc1nccn1-c1ccc(Oc2ccc(NS(=O)(=O)c3ccccc3)cc2)nn1. The molecule has 0 aliphatic heterocycles. The predicted molar refractivity (Wildman–Crippen MR) is 108 cm³/mol. The van der Waals surface area contributed by atoms with Crippen LogP contribution in [-0.4, -0.2) is 28.2 Å². The molecule has 0 saturated carbocycles. The highest BCUT2D eigenvalue weighted by atomic mass is 32.2.